The van der Waals surface area contributed by atoms with Gasteiger partial charge in [-0.25, -0.2) is 0 Å². The Kier molecular flexibility index (Phi) is 4.76. The number of carbonyl (C=O) groups is 1. The number of rotatable bonds is 3. The van der Waals surface area contributed by atoms with Crippen molar-refractivity contribution in [2.75, 3.05) is 10.6 Å². The molecule has 3 aromatic rings. The van der Waals surface area contributed by atoms with E-state index in [2.05, 4.69) is 53.1 Å². The Morgan fingerprint density at radius 1 is 1.00 bits per heavy atom. The number of aryl methyl sites for hydroxylation is 1. The Bertz CT molecular complexity index is 1190. The maximum atomic E-state index is 13.1. The van der Waals surface area contributed by atoms with Crippen LogP contribution >= 0.6 is 11.6 Å². The second kappa shape index (κ2) is 7.67. The lowest BCUT2D eigenvalue weighted by Gasteiger charge is -2.43. The third-order valence-corrected chi connectivity index (χ3v) is 8.34. The SMILES string of the molecule is Cc1ccc(NC(=O)c2ccc3c(c2)[C@@H]2[C@H]4CC[C@@H](C4)[C@H]2[C@@H](c2ccccc2)N3)cc1Cl. The van der Waals surface area contributed by atoms with Crippen LogP contribution in [0.25, 0.3) is 0 Å². The predicted octanol–water partition coefficient (Wildman–Crippen LogP) is 7.20. The van der Waals surface area contributed by atoms with Crippen molar-refractivity contribution < 1.29 is 4.79 Å². The first-order valence-corrected chi connectivity index (χ1v) is 12.0. The first-order valence-electron chi connectivity index (χ1n) is 11.6. The fourth-order valence-corrected chi connectivity index (χ4v) is 6.67. The molecule has 1 amide bonds. The molecule has 6 rings (SSSR count). The van der Waals surface area contributed by atoms with Gasteiger partial charge in [0.15, 0.2) is 0 Å². The van der Waals surface area contributed by atoms with Crippen molar-refractivity contribution in [1.82, 2.24) is 0 Å². The largest absolute Gasteiger partial charge is 0.378 e. The summed E-state index contributed by atoms with van der Waals surface area (Å²) >= 11 is 6.24. The first-order chi connectivity index (χ1) is 15.6. The molecule has 2 bridgehead atoms. The van der Waals surface area contributed by atoms with Gasteiger partial charge < -0.3 is 10.6 Å². The van der Waals surface area contributed by atoms with E-state index in [1.165, 1.54) is 36.1 Å². The van der Waals surface area contributed by atoms with E-state index < -0.39 is 0 Å². The Hall–Kier alpha value is -2.78. The zero-order chi connectivity index (χ0) is 21.8. The van der Waals surface area contributed by atoms with Crippen LogP contribution in [-0.2, 0) is 0 Å². The van der Waals surface area contributed by atoms with Crippen LogP contribution in [0, 0.1) is 24.7 Å². The highest BCUT2D eigenvalue weighted by Gasteiger charge is 2.53. The summed E-state index contributed by atoms with van der Waals surface area (Å²) in [4.78, 5) is 13.1. The molecule has 3 aromatic carbocycles. The number of hydrogen-bond acceptors (Lipinski definition) is 2. The van der Waals surface area contributed by atoms with Gasteiger partial charge in [-0.1, -0.05) is 48.0 Å². The molecule has 2 saturated carbocycles. The van der Waals surface area contributed by atoms with Crippen LogP contribution in [0.4, 0.5) is 11.4 Å². The molecule has 32 heavy (non-hydrogen) atoms. The lowest BCUT2D eigenvalue weighted by molar-refractivity contribution is 0.102. The molecule has 0 aromatic heterocycles. The van der Waals surface area contributed by atoms with Gasteiger partial charge in [0.25, 0.3) is 5.91 Å². The van der Waals surface area contributed by atoms with Crippen molar-refractivity contribution >= 4 is 28.9 Å². The number of anilines is 2. The quantitative estimate of drug-likeness (QED) is 0.450. The van der Waals surface area contributed by atoms with Crippen molar-refractivity contribution in [1.29, 1.82) is 0 Å². The average molecular weight is 443 g/mol. The number of benzene rings is 3. The number of halogens is 1. The Labute approximate surface area is 194 Å². The molecule has 2 aliphatic carbocycles. The average Bonchev–Trinajstić information content (AvgIpc) is 3.44. The topological polar surface area (TPSA) is 41.1 Å². The van der Waals surface area contributed by atoms with Crippen molar-refractivity contribution in [3.63, 3.8) is 0 Å². The molecule has 4 heteroatoms. The van der Waals surface area contributed by atoms with E-state index in [4.69, 9.17) is 11.6 Å². The fraction of sp³-hybridized carbons (Fsp3) is 0.321. The molecular weight excluding hydrogens is 416 g/mol. The molecular formula is C28H27ClN2O. The Morgan fingerprint density at radius 2 is 1.81 bits per heavy atom. The molecule has 5 atom stereocenters. The number of amides is 1. The van der Waals surface area contributed by atoms with Gasteiger partial charge >= 0.3 is 0 Å². The van der Waals surface area contributed by atoms with Gasteiger partial charge in [0, 0.05) is 22.0 Å². The van der Waals surface area contributed by atoms with Crippen LogP contribution in [-0.4, -0.2) is 5.91 Å². The zero-order valence-electron chi connectivity index (χ0n) is 18.1. The molecule has 2 N–H and O–H groups in total. The summed E-state index contributed by atoms with van der Waals surface area (Å²) in [6, 6.07) is 23.0. The van der Waals surface area contributed by atoms with E-state index in [1.807, 2.05) is 31.2 Å². The molecule has 0 saturated heterocycles. The molecule has 1 aliphatic heterocycles. The van der Waals surface area contributed by atoms with Gasteiger partial charge in [-0.15, -0.1) is 0 Å². The van der Waals surface area contributed by atoms with Crippen LogP contribution in [0.2, 0.25) is 5.02 Å². The minimum absolute atomic E-state index is 0.0855. The van der Waals surface area contributed by atoms with E-state index in [-0.39, 0.29) is 5.91 Å². The standard InChI is InChI=1S/C28H27ClN2O/c1-16-7-11-21(15-23(16)29)30-28(32)20-10-12-24-22(14-20)25-18-8-9-19(13-18)26(25)27(31-24)17-5-3-2-4-6-17/h2-7,10-12,14-15,18-19,25-27,31H,8-9,13H2,1H3,(H,30,32)/t18-,19-,25-,26+,27+/m0/s1. The second-order valence-corrected chi connectivity index (χ2v) is 10.1. The minimum Gasteiger partial charge on any atom is -0.378 e. The van der Waals surface area contributed by atoms with Crippen LogP contribution < -0.4 is 10.6 Å². The summed E-state index contributed by atoms with van der Waals surface area (Å²) in [5, 5.41) is 7.53. The van der Waals surface area contributed by atoms with Gasteiger partial charge in [0.05, 0.1) is 6.04 Å². The molecule has 162 valence electrons. The van der Waals surface area contributed by atoms with E-state index in [9.17, 15) is 4.79 Å². The van der Waals surface area contributed by atoms with Crippen LogP contribution in [0.5, 0.6) is 0 Å². The molecule has 2 fully saturated rings. The smallest absolute Gasteiger partial charge is 0.255 e. The second-order valence-electron chi connectivity index (χ2n) is 9.69. The highest BCUT2D eigenvalue weighted by atomic mass is 35.5. The number of hydrogen-bond donors (Lipinski definition) is 2. The summed E-state index contributed by atoms with van der Waals surface area (Å²) in [6.45, 7) is 1.96. The lowest BCUT2D eigenvalue weighted by Crippen LogP contribution is -2.35. The highest BCUT2D eigenvalue weighted by molar-refractivity contribution is 6.31. The normalized spacial score (nSPS) is 27.4. The third kappa shape index (κ3) is 3.22. The number of fused-ring (bicyclic) bond motifs is 7. The monoisotopic (exact) mass is 442 g/mol. The summed E-state index contributed by atoms with van der Waals surface area (Å²) in [5.74, 6) is 2.53. The van der Waals surface area contributed by atoms with Crippen molar-refractivity contribution in [2.24, 2.45) is 17.8 Å². The van der Waals surface area contributed by atoms with Gasteiger partial charge in [0.2, 0.25) is 0 Å². The van der Waals surface area contributed by atoms with Crippen LogP contribution in [0.15, 0.2) is 66.7 Å². The van der Waals surface area contributed by atoms with E-state index in [1.54, 1.807) is 0 Å². The van der Waals surface area contributed by atoms with E-state index in [0.29, 0.717) is 28.5 Å². The van der Waals surface area contributed by atoms with Crippen molar-refractivity contribution in [2.45, 2.75) is 38.1 Å². The van der Waals surface area contributed by atoms with Crippen LogP contribution in [0.1, 0.15) is 58.3 Å². The van der Waals surface area contributed by atoms with E-state index in [0.717, 1.165) is 23.1 Å². The van der Waals surface area contributed by atoms with Crippen LogP contribution in [0.3, 0.4) is 0 Å². The van der Waals surface area contributed by atoms with Gasteiger partial charge in [0.1, 0.15) is 0 Å². The predicted molar refractivity (Wildman–Crippen MR) is 130 cm³/mol. The number of nitrogens with one attached hydrogen (secondary N) is 2. The van der Waals surface area contributed by atoms with Gasteiger partial charge in [-0.3, -0.25) is 4.79 Å². The zero-order valence-corrected chi connectivity index (χ0v) is 18.9. The Morgan fingerprint density at radius 3 is 2.62 bits per heavy atom. The fourth-order valence-electron chi connectivity index (χ4n) is 6.49. The first kappa shape index (κ1) is 19.9. The Balaban J connectivity index is 1.34. The maximum Gasteiger partial charge on any atom is 0.255 e. The van der Waals surface area contributed by atoms with Crippen molar-refractivity contribution in [3.8, 4) is 0 Å². The minimum atomic E-state index is -0.0855. The molecule has 0 radical (unpaired) electrons. The molecule has 0 unspecified atom stereocenters. The maximum absolute atomic E-state index is 13.1. The van der Waals surface area contributed by atoms with Gasteiger partial charge in [-0.2, -0.15) is 0 Å². The highest BCUT2D eigenvalue weighted by Crippen LogP contribution is 2.63. The molecule has 0 spiro atoms. The molecule has 3 nitrogen and oxygen atoms in total. The summed E-state index contributed by atoms with van der Waals surface area (Å²) in [5.41, 5.74) is 6.32. The third-order valence-electron chi connectivity index (χ3n) is 7.94. The molecule has 1 heterocycles. The number of carbonyl (C=O) groups excluding carboxylic acids is 1. The molecule has 3 aliphatic rings. The lowest BCUT2D eigenvalue weighted by atomic mass is 9.68. The van der Waals surface area contributed by atoms with Gasteiger partial charge in [-0.05, 0) is 96.9 Å². The van der Waals surface area contributed by atoms with E-state index >= 15 is 0 Å². The summed E-state index contributed by atoms with van der Waals surface area (Å²) in [7, 11) is 0. The van der Waals surface area contributed by atoms with Crippen molar-refractivity contribution in [3.05, 3.63) is 94.0 Å². The summed E-state index contributed by atoms with van der Waals surface area (Å²) in [6.07, 6.45) is 3.96. The summed E-state index contributed by atoms with van der Waals surface area (Å²) < 4.78 is 0.